The Kier molecular flexibility index (Phi) is 5.48. The van der Waals surface area contributed by atoms with Gasteiger partial charge >= 0.3 is 0 Å². The topological polar surface area (TPSA) is 62.3 Å². The van der Waals surface area contributed by atoms with E-state index < -0.39 is 0 Å². The normalized spacial score (nSPS) is 13.7. The third kappa shape index (κ3) is 4.28. The Morgan fingerprint density at radius 1 is 1.11 bits per heavy atom. The number of aromatic nitrogens is 1. The Hall–Kier alpha value is -2.99. The summed E-state index contributed by atoms with van der Waals surface area (Å²) in [7, 11) is 0. The minimum atomic E-state index is -0.0346. The van der Waals surface area contributed by atoms with Crippen LogP contribution < -0.4 is 10.2 Å². The number of nitrogens with one attached hydrogen (secondary N) is 1. The van der Waals surface area contributed by atoms with E-state index in [9.17, 15) is 9.59 Å². The maximum Gasteiger partial charge on any atom is 0.227 e. The van der Waals surface area contributed by atoms with E-state index >= 15 is 0 Å². The molecule has 28 heavy (non-hydrogen) atoms. The second-order valence-electron chi connectivity index (χ2n) is 6.76. The number of hydrogen-bond acceptors (Lipinski definition) is 4. The zero-order valence-corrected chi connectivity index (χ0v) is 16.2. The molecule has 0 radical (unpaired) electrons. The second kappa shape index (κ2) is 8.35. The summed E-state index contributed by atoms with van der Waals surface area (Å²) in [6, 6.07) is 17.7. The number of carbonyl (C=O) groups is 2. The summed E-state index contributed by atoms with van der Waals surface area (Å²) in [5.74, 6) is 0.151. The molecule has 1 aliphatic heterocycles. The summed E-state index contributed by atoms with van der Waals surface area (Å²) in [6.07, 6.45) is 1.82. The Bertz CT molecular complexity index is 967. The molecule has 2 amide bonds. The van der Waals surface area contributed by atoms with Gasteiger partial charge in [-0.05, 0) is 24.1 Å². The quantitative estimate of drug-likeness (QED) is 0.695. The Balaban J connectivity index is 1.36. The van der Waals surface area contributed by atoms with Gasteiger partial charge in [-0.3, -0.25) is 9.59 Å². The van der Waals surface area contributed by atoms with E-state index in [-0.39, 0.29) is 18.2 Å². The highest BCUT2D eigenvalue weighted by molar-refractivity contribution is 7.10. The van der Waals surface area contributed by atoms with Crippen LogP contribution in [0.1, 0.15) is 23.4 Å². The average Bonchev–Trinajstić information content (AvgIpc) is 3.36. The van der Waals surface area contributed by atoms with Crippen LogP contribution in [0.2, 0.25) is 0 Å². The van der Waals surface area contributed by atoms with Crippen molar-refractivity contribution in [3.63, 3.8) is 0 Å². The van der Waals surface area contributed by atoms with E-state index in [0.29, 0.717) is 13.0 Å². The molecule has 1 saturated heterocycles. The third-order valence-corrected chi connectivity index (χ3v) is 5.59. The van der Waals surface area contributed by atoms with E-state index in [1.54, 1.807) is 0 Å². The first kappa shape index (κ1) is 18.4. The van der Waals surface area contributed by atoms with Crippen molar-refractivity contribution < 1.29 is 9.59 Å². The maximum absolute atomic E-state index is 12.2. The Labute approximate surface area is 168 Å². The third-order valence-electron chi connectivity index (χ3n) is 4.74. The van der Waals surface area contributed by atoms with Gasteiger partial charge in [0, 0.05) is 36.1 Å². The lowest BCUT2D eigenvalue weighted by molar-refractivity contribution is -0.120. The van der Waals surface area contributed by atoms with E-state index in [0.717, 1.165) is 40.5 Å². The van der Waals surface area contributed by atoms with Crippen molar-refractivity contribution in [1.82, 2.24) is 10.3 Å². The lowest BCUT2D eigenvalue weighted by Gasteiger charge is -2.15. The van der Waals surface area contributed by atoms with Crippen LogP contribution in [-0.2, 0) is 22.6 Å². The molecule has 1 aromatic heterocycles. The van der Waals surface area contributed by atoms with Crippen molar-refractivity contribution in [2.75, 3.05) is 11.4 Å². The lowest BCUT2D eigenvalue weighted by Crippen LogP contribution is -2.24. The molecule has 0 spiro atoms. The molecule has 142 valence electrons. The van der Waals surface area contributed by atoms with Crippen LogP contribution in [-0.4, -0.2) is 23.3 Å². The maximum atomic E-state index is 12.2. The molecule has 1 aliphatic rings. The van der Waals surface area contributed by atoms with Crippen LogP contribution in [0.3, 0.4) is 0 Å². The lowest BCUT2D eigenvalue weighted by atomic mass is 10.1. The number of thiazole rings is 1. The van der Waals surface area contributed by atoms with Gasteiger partial charge in [-0.1, -0.05) is 42.5 Å². The Morgan fingerprint density at radius 3 is 2.61 bits per heavy atom. The summed E-state index contributed by atoms with van der Waals surface area (Å²) >= 11 is 1.49. The van der Waals surface area contributed by atoms with Crippen LogP contribution in [0.15, 0.2) is 60.0 Å². The highest BCUT2D eigenvalue weighted by Gasteiger charge is 2.21. The van der Waals surface area contributed by atoms with Crippen molar-refractivity contribution in [2.24, 2.45) is 0 Å². The first-order chi connectivity index (χ1) is 13.7. The number of nitrogens with zero attached hydrogens (tertiary/aromatic N) is 2. The molecule has 0 saturated carbocycles. The molecule has 1 N–H and O–H groups in total. The summed E-state index contributed by atoms with van der Waals surface area (Å²) in [4.78, 5) is 30.5. The van der Waals surface area contributed by atoms with Gasteiger partial charge in [0.1, 0.15) is 5.01 Å². The van der Waals surface area contributed by atoms with E-state index in [1.807, 2.05) is 64.9 Å². The molecule has 3 aromatic rings. The van der Waals surface area contributed by atoms with Crippen LogP contribution in [0.4, 0.5) is 5.69 Å². The standard InChI is InChI=1S/C22H21N3O2S/c26-20(23-14-16-5-2-1-3-6-16)13-21-24-19(15-28-21)17-8-10-18(11-9-17)25-12-4-7-22(25)27/h1-3,5-6,8-11,15H,4,7,12-14H2,(H,23,26). The molecule has 0 aliphatic carbocycles. The van der Waals surface area contributed by atoms with Gasteiger partial charge in [0.15, 0.2) is 0 Å². The fourth-order valence-electron chi connectivity index (χ4n) is 3.25. The van der Waals surface area contributed by atoms with Crippen molar-refractivity contribution in [2.45, 2.75) is 25.8 Å². The molecular formula is C22H21N3O2S. The average molecular weight is 391 g/mol. The number of carbonyl (C=O) groups excluding carboxylic acids is 2. The van der Waals surface area contributed by atoms with E-state index in [1.165, 1.54) is 11.3 Å². The monoisotopic (exact) mass is 391 g/mol. The summed E-state index contributed by atoms with van der Waals surface area (Å²) in [5.41, 5.74) is 3.85. The summed E-state index contributed by atoms with van der Waals surface area (Å²) in [5, 5.41) is 5.69. The number of amides is 2. The van der Waals surface area contributed by atoms with E-state index in [2.05, 4.69) is 10.3 Å². The predicted molar refractivity (Wildman–Crippen MR) is 111 cm³/mol. The van der Waals surface area contributed by atoms with Gasteiger partial charge in [0.05, 0.1) is 12.1 Å². The number of hydrogen-bond donors (Lipinski definition) is 1. The van der Waals surface area contributed by atoms with Crippen LogP contribution in [0, 0.1) is 0 Å². The van der Waals surface area contributed by atoms with Gasteiger partial charge in [0.2, 0.25) is 11.8 Å². The first-order valence-corrected chi connectivity index (χ1v) is 10.2. The minimum absolute atomic E-state index is 0.0346. The summed E-state index contributed by atoms with van der Waals surface area (Å²) < 4.78 is 0. The zero-order valence-electron chi connectivity index (χ0n) is 15.4. The highest BCUT2D eigenvalue weighted by Crippen LogP contribution is 2.27. The fraction of sp³-hybridized carbons (Fsp3) is 0.227. The SMILES string of the molecule is O=C(Cc1nc(-c2ccc(N3CCCC3=O)cc2)cs1)NCc1ccccc1. The fourth-order valence-corrected chi connectivity index (χ4v) is 4.06. The molecule has 2 heterocycles. The molecular weight excluding hydrogens is 370 g/mol. The number of benzene rings is 2. The molecule has 4 rings (SSSR count). The minimum Gasteiger partial charge on any atom is -0.352 e. The van der Waals surface area contributed by atoms with Crippen molar-refractivity contribution >= 4 is 28.8 Å². The summed E-state index contributed by atoms with van der Waals surface area (Å²) in [6.45, 7) is 1.31. The Morgan fingerprint density at radius 2 is 1.89 bits per heavy atom. The largest absolute Gasteiger partial charge is 0.352 e. The number of rotatable bonds is 6. The van der Waals surface area contributed by atoms with E-state index in [4.69, 9.17) is 0 Å². The molecule has 0 atom stereocenters. The van der Waals surface area contributed by atoms with Crippen LogP contribution in [0.25, 0.3) is 11.3 Å². The van der Waals surface area contributed by atoms with Gasteiger partial charge in [-0.15, -0.1) is 11.3 Å². The van der Waals surface area contributed by atoms with Crippen LogP contribution in [0.5, 0.6) is 0 Å². The van der Waals surface area contributed by atoms with Crippen molar-refractivity contribution in [3.8, 4) is 11.3 Å². The number of anilines is 1. The first-order valence-electron chi connectivity index (χ1n) is 9.35. The highest BCUT2D eigenvalue weighted by atomic mass is 32.1. The van der Waals surface area contributed by atoms with Gasteiger partial charge in [-0.25, -0.2) is 4.98 Å². The van der Waals surface area contributed by atoms with Crippen molar-refractivity contribution in [3.05, 3.63) is 70.5 Å². The van der Waals surface area contributed by atoms with Crippen molar-refractivity contribution in [1.29, 1.82) is 0 Å². The zero-order chi connectivity index (χ0) is 19.3. The van der Waals surface area contributed by atoms with Gasteiger partial charge in [0.25, 0.3) is 0 Å². The molecule has 0 bridgehead atoms. The van der Waals surface area contributed by atoms with Gasteiger partial charge < -0.3 is 10.2 Å². The predicted octanol–water partition coefficient (Wildman–Crippen LogP) is 3.80. The molecule has 5 nitrogen and oxygen atoms in total. The van der Waals surface area contributed by atoms with Gasteiger partial charge in [-0.2, -0.15) is 0 Å². The second-order valence-corrected chi connectivity index (χ2v) is 7.70. The molecule has 2 aromatic carbocycles. The smallest absolute Gasteiger partial charge is 0.227 e. The molecule has 1 fully saturated rings. The van der Waals surface area contributed by atoms with Crippen LogP contribution >= 0.6 is 11.3 Å². The molecule has 6 heteroatoms. The molecule has 0 unspecified atom stereocenters.